The smallest absolute Gasteiger partial charge is 0.387 e. The fourth-order valence-electron chi connectivity index (χ4n) is 2.25. The molecule has 0 saturated carbocycles. The number of likely N-dealkylation sites (tertiary alicyclic amines) is 1. The molecule has 1 aliphatic heterocycles. The molecule has 2 atom stereocenters. The van der Waals surface area contributed by atoms with Gasteiger partial charge in [-0.3, -0.25) is 4.79 Å². The third-order valence-corrected chi connectivity index (χ3v) is 3.41. The van der Waals surface area contributed by atoms with Gasteiger partial charge in [-0.05, 0) is 25.5 Å². The molecule has 0 bridgehead atoms. The van der Waals surface area contributed by atoms with Crippen LogP contribution in [0.25, 0.3) is 0 Å². The van der Waals surface area contributed by atoms with Crippen molar-refractivity contribution < 1.29 is 18.3 Å². The van der Waals surface area contributed by atoms with E-state index in [1.165, 1.54) is 12.1 Å². The van der Waals surface area contributed by atoms with Crippen LogP contribution in [0.5, 0.6) is 5.75 Å². The minimum absolute atomic E-state index is 0.0767. The van der Waals surface area contributed by atoms with Crippen LogP contribution in [0.15, 0.2) is 24.3 Å². The maximum Gasteiger partial charge on any atom is 0.387 e. The van der Waals surface area contributed by atoms with Crippen molar-refractivity contribution in [2.24, 2.45) is 5.73 Å². The van der Waals surface area contributed by atoms with Crippen molar-refractivity contribution in [1.29, 1.82) is 0 Å². The van der Waals surface area contributed by atoms with E-state index in [-0.39, 0.29) is 29.3 Å². The number of rotatable bonds is 3. The molecule has 19 heavy (non-hydrogen) atoms. The van der Waals surface area contributed by atoms with Gasteiger partial charge in [-0.15, -0.1) is 0 Å². The van der Waals surface area contributed by atoms with Gasteiger partial charge in [0.1, 0.15) is 5.75 Å². The number of halogens is 2. The van der Waals surface area contributed by atoms with E-state index in [0.29, 0.717) is 13.0 Å². The second kappa shape index (κ2) is 5.52. The number of amides is 1. The van der Waals surface area contributed by atoms with E-state index in [0.717, 1.165) is 0 Å². The fraction of sp³-hybridized carbons (Fsp3) is 0.462. The average molecular weight is 270 g/mol. The Morgan fingerprint density at radius 3 is 2.74 bits per heavy atom. The van der Waals surface area contributed by atoms with Crippen LogP contribution < -0.4 is 10.5 Å². The molecule has 1 aromatic carbocycles. The summed E-state index contributed by atoms with van der Waals surface area (Å²) in [5, 5.41) is 0. The number of hydrogen-bond acceptors (Lipinski definition) is 3. The van der Waals surface area contributed by atoms with Crippen LogP contribution >= 0.6 is 0 Å². The van der Waals surface area contributed by atoms with E-state index >= 15 is 0 Å². The SMILES string of the molecule is CC1C(N)CCN1C(=O)c1ccccc1OC(F)F. The van der Waals surface area contributed by atoms with Gasteiger partial charge in [-0.1, -0.05) is 12.1 Å². The first kappa shape index (κ1) is 13.7. The van der Waals surface area contributed by atoms with Gasteiger partial charge in [0.25, 0.3) is 5.91 Å². The number of nitrogens with zero attached hydrogens (tertiary/aromatic N) is 1. The summed E-state index contributed by atoms with van der Waals surface area (Å²) in [4.78, 5) is 13.9. The van der Waals surface area contributed by atoms with E-state index < -0.39 is 6.61 Å². The number of alkyl halides is 2. The van der Waals surface area contributed by atoms with E-state index in [2.05, 4.69) is 4.74 Å². The number of para-hydroxylation sites is 1. The summed E-state index contributed by atoms with van der Waals surface area (Å²) in [5.41, 5.74) is 6.00. The standard InChI is InChI=1S/C13H16F2N2O2/c1-8-10(16)6-7-17(8)12(18)9-4-2-3-5-11(9)19-13(14)15/h2-5,8,10,13H,6-7,16H2,1H3. The zero-order valence-corrected chi connectivity index (χ0v) is 10.6. The van der Waals surface area contributed by atoms with Crippen molar-refractivity contribution in [1.82, 2.24) is 4.90 Å². The van der Waals surface area contributed by atoms with Crippen molar-refractivity contribution in [3.63, 3.8) is 0 Å². The van der Waals surface area contributed by atoms with Crippen molar-refractivity contribution in [3.05, 3.63) is 29.8 Å². The summed E-state index contributed by atoms with van der Waals surface area (Å²) < 4.78 is 29.0. The maximum atomic E-state index is 12.4. The lowest BCUT2D eigenvalue weighted by atomic mass is 10.1. The summed E-state index contributed by atoms with van der Waals surface area (Å²) in [5.74, 6) is -0.424. The third-order valence-electron chi connectivity index (χ3n) is 3.41. The first-order valence-electron chi connectivity index (χ1n) is 6.11. The van der Waals surface area contributed by atoms with Crippen LogP contribution in [0.2, 0.25) is 0 Å². The van der Waals surface area contributed by atoms with Gasteiger partial charge >= 0.3 is 6.61 Å². The highest BCUT2D eigenvalue weighted by molar-refractivity contribution is 5.97. The molecule has 1 aromatic rings. The van der Waals surface area contributed by atoms with Crippen LogP contribution in [0.3, 0.4) is 0 Å². The van der Waals surface area contributed by atoms with Gasteiger partial charge < -0.3 is 15.4 Å². The number of carbonyl (C=O) groups is 1. The predicted octanol–water partition coefficient (Wildman–Crippen LogP) is 1.85. The molecule has 6 heteroatoms. The van der Waals surface area contributed by atoms with Crippen LogP contribution in [0, 0.1) is 0 Å². The lowest BCUT2D eigenvalue weighted by Gasteiger charge is -2.24. The first-order chi connectivity index (χ1) is 9.00. The van der Waals surface area contributed by atoms with E-state index in [9.17, 15) is 13.6 Å². The highest BCUT2D eigenvalue weighted by Crippen LogP contribution is 2.25. The van der Waals surface area contributed by atoms with Crippen molar-refractivity contribution in [2.75, 3.05) is 6.54 Å². The number of benzene rings is 1. The van der Waals surface area contributed by atoms with Gasteiger partial charge in [-0.2, -0.15) is 8.78 Å². The van der Waals surface area contributed by atoms with Crippen LogP contribution in [0.4, 0.5) is 8.78 Å². The summed E-state index contributed by atoms with van der Waals surface area (Å²) in [7, 11) is 0. The molecule has 1 aliphatic rings. The van der Waals surface area contributed by atoms with E-state index in [1.807, 2.05) is 6.92 Å². The molecule has 1 heterocycles. The molecule has 2 N–H and O–H groups in total. The average Bonchev–Trinajstić information content (AvgIpc) is 2.69. The molecule has 0 radical (unpaired) electrons. The monoisotopic (exact) mass is 270 g/mol. The Kier molecular flexibility index (Phi) is 3.99. The molecule has 1 saturated heterocycles. The highest BCUT2D eigenvalue weighted by atomic mass is 19.3. The molecule has 1 amide bonds. The number of ether oxygens (including phenoxy) is 1. The minimum atomic E-state index is -2.95. The molecule has 0 spiro atoms. The van der Waals surface area contributed by atoms with Crippen molar-refractivity contribution >= 4 is 5.91 Å². The topological polar surface area (TPSA) is 55.6 Å². The zero-order valence-electron chi connectivity index (χ0n) is 10.6. The molecular formula is C13H16F2N2O2. The highest BCUT2D eigenvalue weighted by Gasteiger charge is 2.33. The Bertz CT molecular complexity index is 468. The third kappa shape index (κ3) is 2.84. The van der Waals surface area contributed by atoms with Gasteiger partial charge in [0.15, 0.2) is 0 Å². The molecular weight excluding hydrogens is 254 g/mol. The summed E-state index contributed by atoms with van der Waals surface area (Å²) >= 11 is 0. The largest absolute Gasteiger partial charge is 0.434 e. The zero-order chi connectivity index (χ0) is 14.0. The Hall–Kier alpha value is -1.69. The quantitative estimate of drug-likeness (QED) is 0.912. The van der Waals surface area contributed by atoms with E-state index in [1.54, 1.807) is 17.0 Å². The second-order valence-corrected chi connectivity index (χ2v) is 4.57. The van der Waals surface area contributed by atoms with Crippen LogP contribution in [0.1, 0.15) is 23.7 Å². The molecule has 1 fully saturated rings. The molecule has 2 unspecified atom stereocenters. The Morgan fingerprint density at radius 1 is 1.47 bits per heavy atom. The first-order valence-corrected chi connectivity index (χ1v) is 6.11. The second-order valence-electron chi connectivity index (χ2n) is 4.57. The Morgan fingerprint density at radius 2 is 2.16 bits per heavy atom. The number of nitrogens with two attached hydrogens (primary N) is 1. The van der Waals surface area contributed by atoms with Gasteiger partial charge in [-0.25, -0.2) is 0 Å². The van der Waals surface area contributed by atoms with E-state index in [4.69, 9.17) is 5.73 Å². The Labute approximate surface area is 110 Å². The van der Waals surface area contributed by atoms with Gasteiger partial charge in [0.05, 0.1) is 5.56 Å². The minimum Gasteiger partial charge on any atom is -0.434 e. The number of hydrogen-bond donors (Lipinski definition) is 1. The normalized spacial score (nSPS) is 22.9. The molecule has 0 aliphatic carbocycles. The lowest BCUT2D eigenvalue weighted by molar-refractivity contribution is -0.0502. The van der Waals surface area contributed by atoms with Gasteiger partial charge in [0.2, 0.25) is 0 Å². The van der Waals surface area contributed by atoms with Crippen LogP contribution in [-0.4, -0.2) is 36.0 Å². The summed E-state index contributed by atoms with van der Waals surface area (Å²) in [6, 6.07) is 5.83. The maximum absolute atomic E-state index is 12.4. The summed E-state index contributed by atoms with van der Waals surface area (Å²) in [6.07, 6.45) is 0.713. The van der Waals surface area contributed by atoms with Crippen molar-refractivity contribution in [3.8, 4) is 5.75 Å². The number of carbonyl (C=O) groups excluding carboxylic acids is 1. The molecule has 104 valence electrons. The Balaban J connectivity index is 2.24. The molecule has 0 aromatic heterocycles. The predicted molar refractivity (Wildman–Crippen MR) is 66.2 cm³/mol. The summed E-state index contributed by atoms with van der Waals surface area (Å²) in [6.45, 7) is -0.566. The van der Waals surface area contributed by atoms with Crippen LogP contribution in [-0.2, 0) is 0 Å². The fourth-order valence-corrected chi connectivity index (χ4v) is 2.25. The molecule has 2 rings (SSSR count). The molecule has 4 nitrogen and oxygen atoms in total. The van der Waals surface area contributed by atoms with Gasteiger partial charge in [0, 0.05) is 18.6 Å². The lowest BCUT2D eigenvalue weighted by Crippen LogP contribution is -2.40. The van der Waals surface area contributed by atoms with Crippen molar-refractivity contribution in [2.45, 2.75) is 32.0 Å².